The molecule has 2 heteroatoms. The fraction of sp³-hybridized carbons (Fsp3) is 0.833. The largest absolute Gasteiger partial charge is 0.310 e. The van der Waals surface area contributed by atoms with Gasteiger partial charge < -0.3 is 5.43 Å². The minimum atomic E-state index is 1.03. The van der Waals surface area contributed by atoms with E-state index in [9.17, 15) is 0 Å². The van der Waals surface area contributed by atoms with Gasteiger partial charge in [0.25, 0.3) is 0 Å². The molecule has 0 unspecified atom stereocenters. The fourth-order valence-electron chi connectivity index (χ4n) is 0.484. The number of nitrogens with zero attached hydrogens (tertiary/aromatic N) is 1. The minimum Gasteiger partial charge on any atom is -0.310 e. The maximum absolute atomic E-state index is 3.90. The van der Waals surface area contributed by atoms with Crippen LogP contribution in [0.5, 0.6) is 0 Å². The second-order valence-corrected chi connectivity index (χ2v) is 1.51. The Labute approximate surface area is 51.0 Å². The van der Waals surface area contributed by atoms with E-state index in [-0.39, 0.29) is 0 Å². The summed E-state index contributed by atoms with van der Waals surface area (Å²) in [4.78, 5) is 0. The van der Waals surface area contributed by atoms with Crippen LogP contribution in [-0.4, -0.2) is 12.3 Å². The summed E-state index contributed by atoms with van der Waals surface area (Å²) >= 11 is 0. The molecule has 0 radical (unpaired) electrons. The summed E-state index contributed by atoms with van der Waals surface area (Å²) in [6.45, 7) is 7.06. The third kappa shape index (κ3) is 2.61. The first-order chi connectivity index (χ1) is 3.89. The van der Waals surface area contributed by atoms with Crippen molar-refractivity contribution in [3.8, 4) is 0 Å². The summed E-state index contributed by atoms with van der Waals surface area (Å²) < 4.78 is 0. The third-order valence-electron chi connectivity index (χ3n) is 0.869. The van der Waals surface area contributed by atoms with E-state index in [1.165, 1.54) is 5.71 Å². The van der Waals surface area contributed by atoms with E-state index < -0.39 is 0 Å². The topological polar surface area (TPSA) is 24.4 Å². The molecule has 1 rings (SSSR count). The molecule has 8 heavy (non-hydrogen) atoms. The van der Waals surface area contributed by atoms with Crippen LogP contribution >= 0.6 is 0 Å². The van der Waals surface area contributed by atoms with Gasteiger partial charge in [-0.15, -0.1) is 0 Å². The highest BCUT2D eigenvalue weighted by atomic mass is 15.3. The van der Waals surface area contributed by atoms with E-state index in [1.807, 2.05) is 20.8 Å². The molecule has 0 atom stereocenters. The average Bonchev–Trinajstić information content (AvgIpc) is 2.24. The number of rotatable bonds is 0. The van der Waals surface area contributed by atoms with Crippen molar-refractivity contribution in [2.24, 2.45) is 5.10 Å². The predicted octanol–water partition coefficient (Wildman–Crippen LogP) is 1.38. The molecule has 0 bridgehead atoms. The van der Waals surface area contributed by atoms with Gasteiger partial charge in [-0.3, -0.25) is 0 Å². The van der Waals surface area contributed by atoms with Crippen molar-refractivity contribution in [1.82, 2.24) is 5.43 Å². The average molecular weight is 114 g/mol. The van der Waals surface area contributed by atoms with E-state index in [0.717, 1.165) is 13.0 Å². The van der Waals surface area contributed by atoms with E-state index in [0.29, 0.717) is 0 Å². The van der Waals surface area contributed by atoms with Crippen molar-refractivity contribution in [2.45, 2.75) is 27.2 Å². The van der Waals surface area contributed by atoms with Crippen LogP contribution in [0.25, 0.3) is 0 Å². The molecule has 1 heterocycles. The molecule has 0 fully saturated rings. The Morgan fingerprint density at radius 2 is 2.12 bits per heavy atom. The maximum atomic E-state index is 3.90. The Kier molecular flexibility index (Phi) is 4.32. The van der Waals surface area contributed by atoms with Gasteiger partial charge in [0.2, 0.25) is 0 Å². The lowest BCUT2D eigenvalue weighted by Gasteiger charge is -1.76. The molecule has 0 saturated carbocycles. The molecular formula is C6H14N2. The standard InChI is InChI=1S/C4H8N2.C2H6/c1-4-2-3-5-6-4;1-2/h5H,2-3H2,1H3;1-2H3. The van der Waals surface area contributed by atoms with Gasteiger partial charge in [0.1, 0.15) is 0 Å². The lowest BCUT2D eigenvalue weighted by atomic mass is 10.3. The van der Waals surface area contributed by atoms with Crippen LogP contribution in [-0.2, 0) is 0 Å². The van der Waals surface area contributed by atoms with Crippen molar-refractivity contribution in [1.29, 1.82) is 0 Å². The van der Waals surface area contributed by atoms with E-state index in [4.69, 9.17) is 0 Å². The molecule has 0 aliphatic carbocycles. The van der Waals surface area contributed by atoms with Crippen LogP contribution < -0.4 is 5.43 Å². The van der Waals surface area contributed by atoms with Crippen LogP contribution in [0.4, 0.5) is 0 Å². The van der Waals surface area contributed by atoms with Crippen LogP contribution in [0, 0.1) is 0 Å². The summed E-state index contributed by atoms with van der Waals surface area (Å²) in [6, 6.07) is 0. The van der Waals surface area contributed by atoms with Crippen molar-refractivity contribution >= 4 is 5.71 Å². The van der Waals surface area contributed by atoms with Gasteiger partial charge in [0.05, 0.1) is 0 Å². The molecule has 0 aromatic rings. The van der Waals surface area contributed by atoms with Crippen LogP contribution in [0.15, 0.2) is 5.10 Å². The molecule has 0 aromatic carbocycles. The monoisotopic (exact) mass is 114 g/mol. The molecule has 0 spiro atoms. The number of hydrogen-bond donors (Lipinski definition) is 1. The Morgan fingerprint density at radius 3 is 2.25 bits per heavy atom. The Balaban J connectivity index is 0.000000222. The maximum Gasteiger partial charge on any atom is 0.0382 e. The van der Waals surface area contributed by atoms with Gasteiger partial charge in [0, 0.05) is 18.7 Å². The molecule has 1 aliphatic rings. The molecule has 2 nitrogen and oxygen atoms in total. The van der Waals surface area contributed by atoms with Gasteiger partial charge >= 0.3 is 0 Å². The highest BCUT2D eigenvalue weighted by Gasteiger charge is 1.95. The van der Waals surface area contributed by atoms with E-state index in [2.05, 4.69) is 10.5 Å². The molecule has 0 aromatic heterocycles. The van der Waals surface area contributed by atoms with Gasteiger partial charge in [-0.05, 0) is 6.92 Å². The zero-order chi connectivity index (χ0) is 6.41. The first kappa shape index (κ1) is 7.47. The normalized spacial score (nSPS) is 15.6. The summed E-state index contributed by atoms with van der Waals surface area (Å²) in [5, 5.41) is 3.90. The Hall–Kier alpha value is -0.530. The quantitative estimate of drug-likeness (QED) is 0.505. The number of nitrogens with one attached hydrogen (secondary N) is 1. The highest BCUT2D eigenvalue weighted by Crippen LogP contribution is 1.88. The first-order valence-electron chi connectivity index (χ1n) is 3.15. The molecule has 0 amide bonds. The summed E-state index contributed by atoms with van der Waals surface area (Å²) in [5.74, 6) is 0. The lowest BCUT2D eigenvalue weighted by Crippen LogP contribution is -1.96. The zero-order valence-electron chi connectivity index (χ0n) is 5.86. The van der Waals surface area contributed by atoms with Crippen LogP contribution in [0.1, 0.15) is 27.2 Å². The van der Waals surface area contributed by atoms with Crippen molar-refractivity contribution < 1.29 is 0 Å². The molecule has 48 valence electrons. The lowest BCUT2D eigenvalue weighted by molar-refractivity contribution is 0.813. The molecule has 0 saturated heterocycles. The first-order valence-corrected chi connectivity index (χ1v) is 3.15. The van der Waals surface area contributed by atoms with Crippen LogP contribution in [0.3, 0.4) is 0 Å². The molecule has 1 aliphatic heterocycles. The highest BCUT2D eigenvalue weighted by molar-refractivity contribution is 5.82. The number of hydrogen-bond acceptors (Lipinski definition) is 2. The van der Waals surface area contributed by atoms with Crippen molar-refractivity contribution in [2.75, 3.05) is 6.54 Å². The summed E-state index contributed by atoms with van der Waals surface area (Å²) in [5.41, 5.74) is 4.08. The molecular weight excluding hydrogens is 100 g/mol. The van der Waals surface area contributed by atoms with E-state index in [1.54, 1.807) is 0 Å². The van der Waals surface area contributed by atoms with Gasteiger partial charge in [-0.1, -0.05) is 13.8 Å². The van der Waals surface area contributed by atoms with Gasteiger partial charge in [0.15, 0.2) is 0 Å². The molecule has 1 N–H and O–H groups in total. The minimum absolute atomic E-state index is 1.03. The predicted molar refractivity (Wildman–Crippen MR) is 37.1 cm³/mol. The van der Waals surface area contributed by atoms with Gasteiger partial charge in [-0.2, -0.15) is 5.10 Å². The summed E-state index contributed by atoms with van der Waals surface area (Å²) in [6.07, 6.45) is 1.12. The smallest absolute Gasteiger partial charge is 0.0382 e. The van der Waals surface area contributed by atoms with E-state index >= 15 is 0 Å². The van der Waals surface area contributed by atoms with Crippen molar-refractivity contribution in [3.63, 3.8) is 0 Å². The second-order valence-electron chi connectivity index (χ2n) is 1.51. The Morgan fingerprint density at radius 1 is 1.50 bits per heavy atom. The third-order valence-corrected chi connectivity index (χ3v) is 0.869. The number of hydrazone groups is 1. The van der Waals surface area contributed by atoms with Gasteiger partial charge in [-0.25, -0.2) is 0 Å². The second kappa shape index (κ2) is 4.62. The summed E-state index contributed by atoms with van der Waals surface area (Å²) in [7, 11) is 0. The SMILES string of the molecule is CC.CC1=NNCC1. The fourth-order valence-corrected chi connectivity index (χ4v) is 0.484. The zero-order valence-corrected chi connectivity index (χ0v) is 5.86. The van der Waals surface area contributed by atoms with Crippen molar-refractivity contribution in [3.05, 3.63) is 0 Å². The Bertz CT molecular complexity index is 76.6. The van der Waals surface area contributed by atoms with Crippen LogP contribution in [0.2, 0.25) is 0 Å².